The Morgan fingerprint density at radius 1 is 1.13 bits per heavy atom. The molecule has 0 spiro atoms. The highest BCUT2D eigenvalue weighted by molar-refractivity contribution is 7.80. The lowest BCUT2D eigenvalue weighted by molar-refractivity contribution is 0.0944. The van der Waals surface area contributed by atoms with Gasteiger partial charge in [0.1, 0.15) is 0 Å². The molecular weight excluding hydrogens is 308 g/mol. The molecule has 0 aliphatic heterocycles. The normalized spacial score (nSPS) is 10.3. The monoisotopic (exact) mass is 328 g/mol. The van der Waals surface area contributed by atoms with Crippen LogP contribution in [-0.2, 0) is 0 Å². The van der Waals surface area contributed by atoms with Crippen molar-refractivity contribution in [2.24, 2.45) is 0 Å². The van der Waals surface area contributed by atoms with Crippen LogP contribution in [-0.4, -0.2) is 16.0 Å². The van der Waals surface area contributed by atoms with Crippen LogP contribution in [0.1, 0.15) is 41.3 Å². The second-order valence-corrected chi connectivity index (χ2v) is 5.90. The van der Waals surface area contributed by atoms with E-state index in [1.165, 1.54) is 11.1 Å². The zero-order valence-corrected chi connectivity index (χ0v) is 14.2. The average molecular weight is 328 g/mol. The van der Waals surface area contributed by atoms with Crippen LogP contribution in [0.5, 0.6) is 0 Å². The van der Waals surface area contributed by atoms with Crippen LogP contribution >= 0.6 is 12.2 Å². The number of hydrazine groups is 1. The summed E-state index contributed by atoms with van der Waals surface area (Å²) in [5, 5.41) is 3.37. The van der Waals surface area contributed by atoms with Gasteiger partial charge in [0.25, 0.3) is 5.91 Å². The number of benzene rings is 1. The molecule has 0 bridgehead atoms. The molecule has 1 heterocycles. The van der Waals surface area contributed by atoms with Crippen molar-refractivity contribution >= 4 is 28.9 Å². The Balaban J connectivity index is 1.90. The minimum atomic E-state index is -0.275. The Morgan fingerprint density at radius 3 is 2.43 bits per heavy atom. The zero-order chi connectivity index (χ0) is 16.8. The number of hydrogen-bond donors (Lipinski definition) is 3. The Morgan fingerprint density at radius 2 is 1.83 bits per heavy atom. The number of aromatic nitrogens is 1. The van der Waals surface area contributed by atoms with Crippen molar-refractivity contribution in [1.29, 1.82) is 0 Å². The number of thiocarbonyl (C=S) groups is 1. The number of nitrogens with zero attached hydrogens (tertiary/aromatic N) is 1. The van der Waals surface area contributed by atoms with Gasteiger partial charge in [0, 0.05) is 23.6 Å². The summed E-state index contributed by atoms with van der Waals surface area (Å²) >= 11 is 5.18. The molecule has 0 aliphatic carbocycles. The minimum Gasteiger partial charge on any atom is -0.331 e. The van der Waals surface area contributed by atoms with Gasteiger partial charge in [-0.1, -0.05) is 19.9 Å². The predicted octanol–water partition coefficient (Wildman–Crippen LogP) is 3.14. The van der Waals surface area contributed by atoms with Crippen LogP contribution in [0.4, 0.5) is 5.69 Å². The van der Waals surface area contributed by atoms with Crippen LogP contribution in [0.15, 0.2) is 42.7 Å². The molecule has 3 N–H and O–H groups in total. The second-order valence-electron chi connectivity index (χ2n) is 5.50. The van der Waals surface area contributed by atoms with Gasteiger partial charge in [0.15, 0.2) is 5.11 Å². The number of nitrogens with one attached hydrogen (secondary N) is 3. The molecule has 1 aromatic heterocycles. The van der Waals surface area contributed by atoms with E-state index in [-0.39, 0.29) is 5.91 Å². The summed E-state index contributed by atoms with van der Waals surface area (Å²) in [6.07, 6.45) is 3.12. The van der Waals surface area contributed by atoms with Crippen molar-refractivity contribution in [2.75, 3.05) is 5.32 Å². The number of amides is 1. The number of rotatable bonds is 3. The fourth-order valence-corrected chi connectivity index (χ4v) is 2.42. The van der Waals surface area contributed by atoms with Crippen molar-refractivity contribution in [1.82, 2.24) is 15.8 Å². The van der Waals surface area contributed by atoms with Crippen molar-refractivity contribution in [3.63, 3.8) is 0 Å². The van der Waals surface area contributed by atoms with Crippen molar-refractivity contribution in [2.45, 2.75) is 26.7 Å². The van der Waals surface area contributed by atoms with Gasteiger partial charge in [-0.25, -0.2) is 0 Å². The topological polar surface area (TPSA) is 66.0 Å². The molecule has 0 fully saturated rings. The molecule has 0 saturated heterocycles. The molecule has 1 amide bonds. The molecule has 1 aromatic carbocycles. The van der Waals surface area contributed by atoms with E-state index in [1.54, 1.807) is 24.5 Å². The highest BCUT2D eigenvalue weighted by atomic mass is 32.1. The summed E-state index contributed by atoms with van der Waals surface area (Å²) < 4.78 is 0. The van der Waals surface area contributed by atoms with Crippen LogP contribution in [0.2, 0.25) is 0 Å². The first-order valence-electron chi connectivity index (χ1n) is 7.35. The number of carbonyl (C=O) groups is 1. The third kappa shape index (κ3) is 4.75. The minimum absolute atomic E-state index is 0.275. The van der Waals surface area contributed by atoms with Gasteiger partial charge >= 0.3 is 0 Å². The fourth-order valence-electron chi connectivity index (χ4n) is 2.25. The SMILES string of the molecule is Cc1cc(NC(=S)NNC(=O)c2ccncc2)ccc1C(C)C. The lowest BCUT2D eigenvalue weighted by Gasteiger charge is -2.14. The number of anilines is 1. The maximum atomic E-state index is 11.9. The van der Waals surface area contributed by atoms with E-state index < -0.39 is 0 Å². The Hall–Kier alpha value is -2.47. The summed E-state index contributed by atoms with van der Waals surface area (Å²) in [4.78, 5) is 15.8. The zero-order valence-electron chi connectivity index (χ0n) is 13.4. The van der Waals surface area contributed by atoms with Crippen LogP contribution in [0.25, 0.3) is 0 Å². The third-order valence-corrected chi connectivity index (χ3v) is 3.59. The molecule has 2 rings (SSSR count). The molecule has 23 heavy (non-hydrogen) atoms. The lowest BCUT2D eigenvalue weighted by Crippen LogP contribution is -2.43. The number of pyridine rings is 1. The highest BCUT2D eigenvalue weighted by Crippen LogP contribution is 2.22. The van der Waals surface area contributed by atoms with E-state index in [0.717, 1.165) is 5.69 Å². The first kappa shape index (κ1) is 16.9. The summed E-state index contributed by atoms with van der Waals surface area (Å²) in [7, 11) is 0. The van der Waals surface area contributed by atoms with Gasteiger partial charge in [-0.05, 0) is 60.5 Å². The molecule has 6 heteroatoms. The van der Waals surface area contributed by atoms with E-state index in [9.17, 15) is 4.79 Å². The number of carbonyl (C=O) groups excluding carboxylic acids is 1. The van der Waals surface area contributed by atoms with Gasteiger partial charge in [0.05, 0.1) is 0 Å². The molecule has 5 nitrogen and oxygen atoms in total. The second kappa shape index (κ2) is 7.69. The molecule has 0 aliphatic rings. The van der Waals surface area contributed by atoms with E-state index in [4.69, 9.17) is 12.2 Å². The van der Waals surface area contributed by atoms with Gasteiger partial charge < -0.3 is 5.32 Å². The lowest BCUT2D eigenvalue weighted by atomic mass is 9.98. The Labute approximate surface area is 141 Å². The van der Waals surface area contributed by atoms with E-state index in [2.05, 4.69) is 48.0 Å². The number of hydrogen-bond acceptors (Lipinski definition) is 3. The van der Waals surface area contributed by atoms with Crippen molar-refractivity contribution in [3.05, 3.63) is 59.4 Å². The summed E-state index contributed by atoms with van der Waals surface area (Å²) in [6, 6.07) is 9.35. The van der Waals surface area contributed by atoms with Crippen LogP contribution < -0.4 is 16.2 Å². The van der Waals surface area contributed by atoms with Crippen LogP contribution in [0.3, 0.4) is 0 Å². The van der Waals surface area contributed by atoms with E-state index in [1.807, 2.05) is 12.1 Å². The van der Waals surface area contributed by atoms with E-state index in [0.29, 0.717) is 16.6 Å². The molecule has 0 unspecified atom stereocenters. The average Bonchev–Trinajstić information content (AvgIpc) is 2.53. The smallest absolute Gasteiger partial charge is 0.269 e. The van der Waals surface area contributed by atoms with Crippen LogP contribution in [0, 0.1) is 6.92 Å². The summed E-state index contributed by atoms with van der Waals surface area (Å²) in [6.45, 7) is 6.40. The summed E-state index contributed by atoms with van der Waals surface area (Å²) in [5.41, 5.74) is 9.12. The highest BCUT2D eigenvalue weighted by Gasteiger charge is 2.07. The largest absolute Gasteiger partial charge is 0.331 e. The van der Waals surface area contributed by atoms with Gasteiger partial charge in [-0.3, -0.25) is 20.6 Å². The van der Waals surface area contributed by atoms with Gasteiger partial charge in [0.2, 0.25) is 0 Å². The first-order chi connectivity index (χ1) is 11.0. The molecule has 0 atom stereocenters. The maximum absolute atomic E-state index is 11.9. The molecule has 120 valence electrons. The standard InChI is InChI=1S/C17H20N4OS/c1-11(2)15-5-4-14(10-12(15)3)19-17(23)21-20-16(22)13-6-8-18-9-7-13/h4-11H,1-3H3,(H,20,22)(H2,19,21,23). The third-order valence-electron chi connectivity index (χ3n) is 3.38. The molecule has 0 saturated carbocycles. The summed E-state index contributed by atoms with van der Waals surface area (Å²) in [5.74, 6) is 0.205. The van der Waals surface area contributed by atoms with Gasteiger partial charge in [-0.15, -0.1) is 0 Å². The van der Waals surface area contributed by atoms with E-state index >= 15 is 0 Å². The molecule has 2 aromatic rings. The Kier molecular flexibility index (Phi) is 5.65. The van der Waals surface area contributed by atoms with Crippen molar-refractivity contribution < 1.29 is 4.79 Å². The fraction of sp³-hybridized carbons (Fsp3) is 0.235. The van der Waals surface area contributed by atoms with Crippen molar-refractivity contribution in [3.8, 4) is 0 Å². The molecular formula is C17H20N4OS. The predicted molar refractivity (Wildman–Crippen MR) is 96.3 cm³/mol. The molecule has 0 radical (unpaired) electrons. The quantitative estimate of drug-likeness (QED) is 0.597. The Bertz CT molecular complexity index is 701. The first-order valence-corrected chi connectivity index (χ1v) is 7.76. The maximum Gasteiger partial charge on any atom is 0.269 e. The van der Waals surface area contributed by atoms with Gasteiger partial charge in [-0.2, -0.15) is 0 Å². The number of aryl methyl sites for hydroxylation is 1.